The second-order valence-corrected chi connectivity index (χ2v) is 9.67. The maximum Gasteiger partial charge on any atom is 0.332 e. The van der Waals surface area contributed by atoms with E-state index in [0.717, 1.165) is 61.4 Å². The highest BCUT2D eigenvalue weighted by molar-refractivity contribution is 7.12. The minimum absolute atomic E-state index is 0.271. The Morgan fingerprint density at radius 1 is 1.26 bits per heavy atom. The predicted octanol–water partition coefficient (Wildman–Crippen LogP) is 3.16. The van der Waals surface area contributed by atoms with E-state index in [9.17, 15) is 9.59 Å². The quantitative estimate of drug-likeness (QED) is 0.475. The molecule has 0 aliphatic carbocycles. The van der Waals surface area contributed by atoms with Crippen molar-refractivity contribution >= 4 is 28.3 Å². The first kappa shape index (κ1) is 22.4. The molecule has 2 saturated heterocycles. The third kappa shape index (κ3) is 4.01. The summed E-state index contributed by atoms with van der Waals surface area (Å²) >= 11 is 1.26. The molecule has 9 heteroatoms. The standard InChI is InChI=1S/C25H28N6O2S/c1-3-7-20(30-12-10-25(11-13-30)15-26-16-25)17(4-2)27-22(32)19-14-34-24(29-19)31-21-9-6-5-8-18(21)28-23(31)33/h3-9,14,26H,1,10-13,15-16H2,2H3,(H,27,32)(H,28,33)/b17-4+,20-7+. The zero-order valence-corrected chi connectivity index (χ0v) is 20.0. The second kappa shape index (κ2) is 9.08. The van der Waals surface area contributed by atoms with Crippen molar-refractivity contribution in [3.05, 3.63) is 82.0 Å². The number of para-hydroxylation sites is 2. The fourth-order valence-corrected chi connectivity index (χ4v) is 5.53. The number of aromatic amines is 1. The number of fused-ring (bicyclic) bond motifs is 1. The minimum atomic E-state index is -0.310. The Hall–Kier alpha value is -3.43. The Morgan fingerprint density at radius 3 is 2.71 bits per heavy atom. The Labute approximate surface area is 201 Å². The summed E-state index contributed by atoms with van der Waals surface area (Å²) in [7, 11) is 0. The number of carbonyl (C=O) groups is 1. The lowest BCUT2D eigenvalue weighted by Crippen LogP contribution is -2.58. The molecule has 8 nitrogen and oxygen atoms in total. The number of thiazole rings is 1. The van der Waals surface area contributed by atoms with Crippen LogP contribution in [0.1, 0.15) is 30.3 Å². The highest BCUT2D eigenvalue weighted by Gasteiger charge is 2.40. The van der Waals surface area contributed by atoms with Crippen molar-refractivity contribution in [3.63, 3.8) is 0 Å². The van der Waals surface area contributed by atoms with E-state index in [1.807, 2.05) is 43.3 Å². The maximum absolute atomic E-state index is 13.1. The van der Waals surface area contributed by atoms with Crippen LogP contribution in [0.3, 0.4) is 0 Å². The average molecular weight is 477 g/mol. The number of imidazole rings is 1. The molecular weight excluding hydrogens is 448 g/mol. The van der Waals surface area contributed by atoms with Crippen LogP contribution in [0, 0.1) is 5.41 Å². The van der Waals surface area contributed by atoms with Crippen LogP contribution in [-0.4, -0.2) is 51.5 Å². The first-order valence-corrected chi connectivity index (χ1v) is 12.3. The van der Waals surface area contributed by atoms with Crippen molar-refractivity contribution in [2.45, 2.75) is 19.8 Å². The van der Waals surface area contributed by atoms with Crippen molar-refractivity contribution < 1.29 is 4.79 Å². The molecule has 2 aromatic heterocycles. The highest BCUT2D eigenvalue weighted by Crippen LogP contribution is 2.36. The molecule has 4 heterocycles. The van der Waals surface area contributed by atoms with Gasteiger partial charge in [-0.2, -0.15) is 0 Å². The van der Waals surface area contributed by atoms with Crippen molar-refractivity contribution in [3.8, 4) is 5.13 Å². The van der Waals surface area contributed by atoms with E-state index in [0.29, 0.717) is 10.5 Å². The zero-order valence-electron chi connectivity index (χ0n) is 19.1. The van der Waals surface area contributed by atoms with Crippen LogP contribution in [0.25, 0.3) is 16.2 Å². The van der Waals surface area contributed by atoms with Crippen LogP contribution in [0.4, 0.5) is 0 Å². The summed E-state index contributed by atoms with van der Waals surface area (Å²) in [5.41, 5.74) is 3.56. The summed E-state index contributed by atoms with van der Waals surface area (Å²) in [4.78, 5) is 35.2. The van der Waals surface area contributed by atoms with E-state index in [1.165, 1.54) is 15.9 Å². The third-order valence-electron chi connectivity index (χ3n) is 6.76. The van der Waals surface area contributed by atoms with E-state index in [2.05, 4.69) is 32.1 Å². The number of likely N-dealkylation sites (tertiary alicyclic amines) is 1. The second-order valence-electron chi connectivity index (χ2n) is 8.83. The van der Waals surface area contributed by atoms with Gasteiger partial charge in [-0.25, -0.2) is 14.3 Å². The molecule has 0 unspecified atom stereocenters. The normalized spacial score (nSPS) is 18.2. The molecule has 2 fully saturated rings. The van der Waals surface area contributed by atoms with Crippen molar-refractivity contribution in [2.24, 2.45) is 5.41 Å². The number of benzene rings is 1. The molecule has 0 bridgehead atoms. The first-order chi connectivity index (χ1) is 16.5. The van der Waals surface area contributed by atoms with Gasteiger partial charge in [-0.15, -0.1) is 11.3 Å². The fourth-order valence-electron chi connectivity index (χ4n) is 4.72. The third-order valence-corrected chi connectivity index (χ3v) is 7.58. The van der Waals surface area contributed by atoms with Crippen LogP contribution >= 0.6 is 11.3 Å². The number of aromatic nitrogens is 3. The van der Waals surface area contributed by atoms with E-state index in [1.54, 1.807) is 11.5 Å². The van der Waals surface area contributed by atoms with Gasteiger partial charge in [0.15, 0.2) is 5.13 Å². The molecule has 0 atom stereocenters. The first-order valence-electron chi connectivity index (χ1n) is 11.5. The number of rotatable bonds is 6. The van der Waals surface area contributed by atoms with Crippen LogP contribution in [-0.2, 0) is 0 Å². The maximum atomic E-state index is 13.1. The van der Waals surface area contributed by atoms with Gasteiger partial charge in [0.2, 0.25) is 0 Å². The van der Waals surface area contributed by atoms with Crippen LogP contribution < -0.4 is 16.3 Å². The lowest BCUT2D eigenvalue weighted by Gasteiger charge is -2.49. The number of H-pyrrole nitrogens is 1. The SMILES string of the molecule is C=C/C=C(\C(=C/C)NC(=O)c1csc(-n2c(=O)[nH]c3ccccc32)n1)N1CCC2(CC1)CNC2. The Kier molecular flexibility index (Phi) is 5.97. The van der Waals surface area contributed by atoms with Gasteiger partial charge in [0.25, 0.3) is 5.91 Å². The topological polar surface area (TPSA) is 95.0 Å². The summed E-state index contributed by atoms with van der Waals surface area (Å²) in [6.45, 7) is 9.86. The number of piperidine rings is 1. The fraction of sp³-hybridized carbons (Fsp3) is 0.320. The molecule has 2 aliphatic rings. The van der Waals surface area contributed by atoms with Crippen molar-refractivity contribution in [1.82, 2.24) is 30.1 Å². The summed E-state index contributed by atoms with van der Waals surface area (Å²) < 4.78 is 1.50. The highest BCUT2D eigenvalue weighted by atomic mass is 32.1. The molecule has 1 spiro atoms. The minimum Gasteiger partial charge on any atom is -0.370 e. The molecule has 0 radical (unpaired) electrons. The van der Waals surface area contributed by atoms with Crippen LogP contribution in [0.2, 0.25) is 0 Å². The number of nitrogens with one attached hydrogen (secondary N) is 3. The number of amides is 1. The van der Waals surface area contributed by atoms with Gasteiger partial charge >= 0.3 is 5.69 Å². The van der Waals surface area contributed by atoms with E-state index in [-0.39, 0.29) is 17.3 Å². The van der Waals surface area contributed by atoms with Gasteiger partial charge < -0.3 is 20.5 Å². The number of carbonyl (C=O) groups excluding carboxylic acids is 1. The molecule has 176 valence electrons. The Morgan fingerprint density at radius 2 is 2.03 bits per heavy atom. The predicted molar refractivity (Wildman–Crippen MR) is 135 cm³/mol. The number of hydrogen-bond acceptors (Lipinski definition) is 6. The van der Waals surface area contributed by atoms with Gasteiger partial charge in [0, 0.05) is 31.6 Å². The van der Waals surface area contributed by atoms with Crippen LogP contribution in [0.5, 0.6) is 0 Å². The Balaban J connectivity index is 1.34. The Bertz CT molecular complexity index is 1350. The van der Waals surface area contributed by atoms with Crippen LogP contribution in [0.15, 0.2) is 70.6 Å². The molecule has 2 aliphatic heterocycles. The summed E-state index contributed by atoms with van der Waals surface area (Å²) in [5.74, 6) is -0.310. The largest absolute Gasteiger partial charge is 0.370 e. The van der Waals surface area contributed by atoms with E-state index >= 15 is 0 Å². The van der Waals surface area contributed by atoms with E-state index < -0.39 is 0 Å². The molecule has 3 aromatic rings. The summed E-state index contributed by atoms with van der Waals surface area (Å²) in [6.07, 6.45) is 7.87. The smallest absolute Gasteiger partial charge is 0.332 e. The van der Waals surface area contributed by atoms with E-state index in [4.69, 9.17) is 0 Å². The van der Waals surface area contributed by atoms with Gasteiger partial charge in [-0.1, -0.05) is 30.9 Å². The zero-order chi connectivity index (χ0) is 23.7. The van der Waals surface area contributed by atoms with Gasteiger partial charge in [0.05, 0.1) is 22.4 Å². The van der Waals surface area contributed by atoms with Gasteiger partial charge in [0.1, 0.15) is 5.69 Å². The molecule has 34 heavy (non-hydrogen) atoms. The molecular formula is C25H28N6O2S. The molecule has 5 rings (SSSR count). The molecule has 1 amide bonds. The van der Waals surface area contributed by atoms with Gasteiger partial charge in [-0.05, 0) is 43.4 Å². The van der Waals surface area contributed by atoms with Gasteiger partial charge in [-0.3, -0.25) is 4.79 Å². The molecule has 3 N–H and O–H groups in total. The number of hydrogen-bond donors (Lipinski definition) is 3. The molecule has 0 saturated carbocycles. The number of allylic oxidation sites excluding steroid dienone is 3. The summed E-state index contributed by atoms with van der Waals surface area (Å²) in [6, 6.07) is 7.41. The lowest BCUT2D eigenvalue weighted by molar-refractivity contribution is 0.0703. The van der Waals surface area contributed by atoms with Crippen molar-refractivity contribution in [1.29, 1.82) is 0 Å². The average Bonchev–Trinajstić information content (AvgIpc) is 3.44. The summed E-state index contributed by atoms with van der Waals surface area (Å²) in [5, 5.41) is 8.55. The monoisotopic (exact) mass is 476 g/mol. The number of nitrogens with zero attached hydrogens (tertiary/aromatic N) is 3. The lowest BCUT2D eigenvalue weighted by atomic mass is 9.73. The van der Waals surface area contributed by atoms with Crippen molar-refractivity contribution in [2.75, 3.05) is 26.2 Å². The molecule has 1 aromatic carbocycles.